The van der Waals surface area contributed by atoms with Crippen molar-refractivity contribution in [2.45, 2.75) is 25.7 Å². The normalized spacial score (nSPS) is 6.20. The van der Waals surface area contributed by atoms with Crippen molar-refractivity contribution in [3.8, 4) is 0 Å². The van der Waals surface area contributed by atoms with Crippen molar-refractivity contribution >= 4 is 0 Å². The van der Waals surface area contributed by atoms with Crippen LogP contribution in [0.5, 0.6) is 0 Å². The fraction of sp³-hybridized carbons (Fsp3) is 0.400. The first-order valence-corrected chi connectivity index (χ1v) is 3.50. The van der Waals surface area contributed by atoms with Crippen LogP contribution in [0.25, 0.3) is 0 Å². The van der Waals surface area contributed by atoms with Crippen LogP contribution in [0, 0.1) is 27.7 Å². The van der Waals surface area contributed by atoms with Crippen LogP contribution in [0.4, 0.5) is 0 Å². The molecule has 0 nitrogen and oxygen atoms in total. The van der Waals surface area contributed by atoms with Crippen molar-refractivity contribution in [2.75, 3.05) is 0 Å². The molecule has 0 aromatic rings. The first-order chi connectivity index (χ1) is 4.83. The number of hydrogen-bond acceptors (Lipinski definition) is 0. The number of unbranched alkanes of at least 4 members (excludes halogenated alkanes) is 2. The summed E-state index contributed by atoms with van der Waals surface area (Å²) in [7, 11) is 0. The summed E-state index contributed by atoms with van der Waals surface area (Å²) in [5.74, 6) is 0. The lowest BCUT2D eigenvalue weighted by atomic mass is 10.4. The van der Waals surface area contributed by atoms with Crippen LogP contribution in [0.15, 0.2) is 13.2 Å². The molecule has 0 atom stereocenters. The van der Waals surface area contributed by atoms with Crippen LogP contribution >= 0.6 is 0 Å². The number of hydrogen-bond donors (Lipinski definition) is 0. The lowest BCUT2D eigenvalue weighted by Crippen LogP contribution is -1.49. The maximum atomic E-state index is 3.54. The molecule has 0 amide bonds. The molecule has 60 valence electrons. The third kappa shape index (κ3) is 143. The van der Waals surface area contributed by atoms with Crippen molar-refractivity contribution in [3.63, 3.8) is 0 Å². The van der Waals surface area contributed by atoms with Gasteiger partial charge in [-0.05, 0) is 0 Å². The fourth-order valence-electron chi connectivity index (χ4n) is 0. The molecule has 0 aromatic heterocycles. The minimum atomic E-state index is 0.958. The van der Waals surface area contributed by atoms with E-state index in [0.29, 0.717) is 0 Å². The molecule has 0 heterocycles. The highest BCUT2D eigenvalue weighted by atomic mass is 13.6. The van der Waals surface area contributed by atoms with Gasteiger partial charge in [-0.15, -0.1) is 26.0 Å². The highest BCUT2D eigenvalue weighted by molar-refractivity contribution is 4.39. The Hall–Kier alpha value is -0.520. The molecule has 0 aromatic carbocycles. The minimum absolute atomic E-state index is 0.958. The highest BCUT2D eigenvalue weighted by Crippen LogP contribution is 1.75. The van der Waals surface area contributed by atoms with E-state index in [1.54, 1.807) is 0 Å². The Kier molecular flexibility index (Phi) is 63.6. The van der Waals surface area contributed by atoms with E-state index >= 15 is 0 Å². The predicted octanol–water partition coefficient (Wildman–Crippen LogP) is 3.67. The maximum absolute atomic E-state index is 3.54. The molecular weight excluding hydrogens is 120 g/mol. The third-order valence-electron chi connectivity index (χ3n) is 0.500. The van der Waals surface area contributed by atoms with E-state index in [2.05, 4.69) is 40.9 Å². The van der Waals surface area contributed by atoms with Crippen molar-refractivity contribution in [1.29, 1.82) is 0 Å². The molecule has 0 radical (unpaired) electrons. The van der Waals surface area contributed by atoms with Gasteiger partial charge < -0.3 is 13.8 Å². The SMILES string of the molecule is C=C.[CH2+]CC[CH2-].[CH2+]CC[CH2-]. The smallest absolute Gasteiger partial charge is 0.0587 e. The largest absolute Gasteiger partial charge is 0.339 e. The summed E-state index contributed by atoms with van der Waals surface area (Å²) in [5.41, 5.74) is 0. The molecule has 0 N–H and O–H groups in total. The third-order valence-corrected chi connectivity index (χ3v) is 0.500. The Morgan fingerprint density at radius 2 is 1.00 bits per heavy atom. The van der Waals surface area contributed by atoms with Gasteiger partial charge in [-0.1, -0.05) is 0 Å². The summed E-state index contributed by atoms with van der Waals surface area (Å²) < 4.78 is 0. The lowest BCUT2D eigenvalue weighted by molar-refractivity contribution is 1.05. The zero-order chi connectivity index (χ0) is 8.83. The van der Waals surface area contributed by atoms with Gasteiger partial charge in [0.25, 0.3) is 0 Å². The fourth-order valence-corrected chi connectivity index (χ4v) is 0. The maximum Gasteiger partial charge on any atom is 0.0587 e. The second-order valence-electron chi connectivity index (χ2n) is 1.41. The molecule has 0 bridgehead atoms. The molecule has 0 aliphatic carbocycles. The first-order valence-electron chi connectivity index (χ1n) is 3.50. The van der Waals surface area contributed by atoms with Gasteiger partial charge in [-0.3, -0.25) is 0 Å². The van der Waals surface area contributed by atoms with E-state index in [4.69, 9.17) is 0 Å². The highest BCUT2D eigenvalue weighted by Gasteiger charge is 1.57. The summed E-state index contributed by atoms with van der Waals surface area (Å²) in [6, 6.07) is 0. The Balaban J connectivity index is -0.0000000787. The molecule has 0 rings (SSSR count). The Labute approximate surface area is 67.3 Å². The molecule has 0 aliphatic rings. The molecule has 0 heteroatoms. The summed E-state index contributed by atoms with van der Waals surface area (Å²) >= 11 is 0. The van der Waals surface area contributed by atoms with Gasteiger partial charge in [0.05, 0.1) is 26.7 Å². The zero-order valence-corrected chi connectivity index (χ0v) is 7.07. The first kappa shape index (κ1) is 16.2. The van der Waals surface area contributed by atoms with Crippen LogP contribution in [0.2, 0.25) is 0 Å². The van der Waals surface area contributed by atoms with E-state index in [-0.39, 0.29) is 0 Å². The Morgan fingerprint density at radius 1 is 0.900 bits per heavy atom. The quantitative estimate of drug-likeness (QED) is 0.405. The monoisotopic (exact) mass is 140 g/mol. The van der Waals surface area contributed by atoms with Crippen molar-refractivity contribution in [2.24, 2.45) is 0 Å². The second kappa shape index (κ2) is 39.2. The molecule has 10 heavy (non-hydrogen) atoms. The molecule has 0 saturated heterocycles. The van der Waals surface area contributed by atoms with Crippen LogP contribution in [-0.2, 0) is 0 Å². The lowest BCUT2D eigenvalue weighted by Gasteiger charge is -1.71. The summed E-state index contributed by atoms with van der Waals surface area (Å²) in [4.78, 5) is 0. The van der Waals surface area contributed by atoms with E-state index in [0.717, 1.165) is 25.7 Å². The van der Waals surface area contributed by atoms with Gasteiger partial charge in [-0.25, -0.2) is 0 Å². The van der Waals surface area contributed by atoms with Crippen molar-refractivity contribution in [3.05, 3.63) is 40.9 Å². The average Bonchev–Trinajstić information content (AvgIpc) is 2.08. The Morgan fingerprint density at radius 3 is 1.00 bits per heavy atom. The zero-order valence-electron chi connectivity index (χ0n) is 7.07. The van der Waals surface area contributed by atoms with Crippen molar-refractivity contribution in [1.82, 2.24) is 0 Å². The van der Waals surface area contributed by atoms with Gasteiger partial charge in [0.2, 0.25) is 0 Å². The van der Waals surface area contributed by atoms with Gasteiger partial charge in [-0.2, -0.15) is 0 Å². The minimum Gasteiger partial charge on any atom is -0.339 e. The molecule has 0 fully saturated rings. The van der Waals surface area contributed by atoms with Crippen LogP contribution in [0.1, 0.15) is 25.7 Å². The summed E-state index contributed by atoms with van der Waals surface area (Å²) in [6.07, 6.45) is 3.83. The molecule has 0 spiro atoms. The predicted molar refractivity (Wildman–Crippen MR) is 51.2 cm³/mol. The summed E-state index contributed by atoms with van der Waals surface area (Å²) in [6.45, 7) is 20.2. The van der Waals surface area contributed by atoms with E-state index in [1.807, 2.05) is 0 Å². The van der Waals surface area contributed by atoms with Crippen LogP contribution in [0.3, 0.4) is 0 Å². The molecular formula is C10H20. The summed E-state index contributed by atoms with van der Waals surface area (Å²) in [5, 5.41) is 0. The Bertz CT molecular complexity index is 15.2. The standard InChI is InChI=1S/2C4H8.C2H4/c2*1-3-4-2;1-2/h2*1-4H2;1-2H2. The van der Waals surface area contributed by atoms with Crippen molar-refractivity contribution < 1.29 is 0 Å². The van der Waals surface area contributed by atoms with E-state index < -0.39 is 0 Å². The van der Waals surface area contributed by atoms with Crippen LogP contribution < -0.4 is 0 Å². The molecule has 0 unspecified atom stereocenters. The second-order valence-corrected chi connectivity index (χ2v) is 1.41. The van der Waals surface area contributed by atoms with Gasteiger partial charge >= 0.3 is 0 Å². The van der Waals surface area contributed by atoms with Gasteiger partial charge in [0.15, 0.2) is 0 Å². The topological polar surface area (TPSA) is 0 Å². The van der Waals surface area contributed by atoms with Gasteiger partial charge in [0, 0.05) is 0 Å². The molecule has 0 saturated carbocycles. The van der Waals surface area contributed by atoms with E-state index in [9.17, 15) is 0 Å². The average molecular weight is 140 g/mol. The van der Waals surface area contributed by atoms with E-state index in [1.165, 1.54) is 0 Å². The number of rotatable bonds is 2. The van der Waals surface area contributed by atoms with Gasteiger partial charge in [0.1, 0.15) is 0 Å². The van der Waals surface area contributed by atoms with Crippen LogP contribution in [-0.4, -0.2) is 0 Å². The molecule has 0 aliphatic heterocycles.